The summed E-state index contributed by atoms with van der Waals surface area (Å²) in [5, 5.41) is 2.82. The number of aromatic nitrogens is 6. The van der Waals surface area contributed by atoms with Gasteiger partial charge in [-0.1, -0.05) is 107 Å². The predicted octanol–water partition coefficient (Wildman–Crippen LogP) is 11.7. The Balaban J connectivity index is 1.21. The van der Waals surface area contributed by atoms with Crippen LogP contribution in [0.25, 0.3) is 96.1 Å². The lowest BCUT2D eigenvalue weighted by Gasteiger charge is -2.16. The number of hydrogen-bond acceptors (Lipinski definition) is 9. The minimum Gasteiger partial charge on any atom is -0.244 e. The SMILES string of the molecule is c1ccc(-c2nc3cccnc3s2)c(-c2cc(-c3ccccc3-c3nc4cccnc4s3)cc(-c3ccccc3-c3nc4cccnc4s3)c2)c1. The van der Waals surface area contributed by atoms with E-state index in [0.717, 1.165) is 96.1 Å². The second kappa shape index (κ2) is 12.4. The Hall–Kier alpha value is -6.00. The molecule has 0 aliphatic carbocycles. The van der Waals surface area contributed by atoms with Crippen molar-refractivity contribution >= 4 is 65.1 Å². The summed E-state index contributed by atoms with van der Waals surface area (Å²) >= 11 is 4.85. The number of thiazole rings is 3. The lowest BCUT2D eigenvalue weighted by molar-refractivity contribution is 1.40. The second-order valence-electron chi connectivity index (χ2n) is 12.0. The van der Waals surface area contributed by atoms with Gasteiger partial charge in [-0.15, -0.1) is 0 Å². The van der Waals surface area contributed by atoms with Crippen molar-refractivity contribution in [3.8, 4) is 65.1 Å². The van der Waals surface area contributed by atoms with Crippen molar-refractivity contribution in [2.45, 2.75) is 0 Å². The van der Waals surface area contributed by atoms with Gasteiger partial charge < -0.3 is 0 Å². The molecule has 0 aliphatic heterocycles. The summed E-state index contributed by atoms with van der Waals surface area (Å²) < 4.78 is 0. The van der Waals surface area contributed by atoms with Crippen LogP contribution < -0.4 is 0 Å². The zero-order valence-corrected chi connectivity index (χ0v) is 29.2. The monoisotopic (exact) mass is 708 g/mol. The number of benzene rings is 4. The van der Waals surface area contributed by atoms with Crippen molar-refractivity contribution in [3.05, 3.63) is 146 Å². The maximum atomic E-state index is 5.01. The zero-order chi connectivity index (χ0) is 33.7. The van der Waals surface area contributed by atoms with E-state index < -0.39 is 0 Å². The topological polar surface area (TPSA) is 77.3 Å². The van der Waals surface area contributed by atoms with Crippen molar-refractivity contribution in [2.24, 2.45) is 0 Å². The normalized spacial score (nSPS) is 11.5. The molecule has 9 heteroatoms. The van der Waals surface area contributed by atoms with Crippen LogP contribution in [0.1, 0.15) is 0 Å². The maximum Gasteiger partial charge on any atom is 0.143 e. The molecule has 51 heavy (non-hydrogen) atoms. The van der Waals surface area contributed by atoms with Gasteiger partial charge in [0.25, 0.3) is 0 Å². The quantitative estimate of drug-likeness (QED) is 0.171. The number of fused-ring (bicyclic) bond motifs is 3. The first-order chi connectivity index (χ1) is 25.2. The summed E-state index contributed by atoms with van der Waals surface area (Å²) in [4.78, 5) is 31.6. The van der Waals surface area contributed by atoms with Gasteiger partial charge in [0.2, 0.25) is 0 Å². The Morgan fingerprint density at radius 2 is 0.608 bits per heavy atom. The lowest BCUT2D eigenvalue weighted by atomic mass is 9.89. The largest absolute Gasteiger partial charge is 0.244 e. The van der Waals surface area contributed by atoms with E-state index in [9.17, 15) is 0 Å². The zero-order valence-electron chi connectivity index (χ0n) is 26.8. The molecular formula is C42H24N6S3. The second-order valence-corrected chi connectivity index (χ2v) is 14.9. The van der Waals surface area contributed by atoms with Crippen molar-refractivity contribution in [1.82, 2.24) is 29.9 Å². The maximum absolute atomic E-state index is 5.01. The molecule has 0 aliphatic rings. The first kappa shape index (κ1) is 29.9. The molecule has 0 amide bonds. The molecule has 6 nitrogen and oxygen atoms in total. The first-order valence-corrected chi connectivity index (χ1v) is 18.8. The van der Waals surface area contributed by atoms with Crippen LogP contribution in [-0.2, 0) is 0 Å². The summed E-state index contributed by atoms with van der Waals surface area (Å²) in [6.07, 6.45) is 5.47. The van der Waals surface area contributed by atoms with Gasteiger partial charge in [0.1, 0.15) is 46.1 Å². The summed E-state index contributed by atoms with van der Waals surface area (Å²) in [5.41, 5.74) is 12.5. The highest BCUT2D eigenvalue weighted by Crippen LogP contribution is 2.44. The highest BCUT2D eigenvalue weighted by atomic mass is 32.1. The van der Waals surface area contributed by atoms with Gasteiger partial charge in [-0.3, -0.25) is 0 Å². The molecule has 0 saturated carbocycles. The molecule has 10 aromatic rings. The Morgan fingerprint density at radius 1 is 0.314 bits per heavy atom. The Bertz CT molecular complexity index is 2480. The highest BCUT2D eigenvalue weighted by Gasteiger charge is 2.19. The van der Waals surface area contributed by atoms with Crippen molar-refractivity contribution < 1.29 is 0 Å². The minimum atomic E-state index is 0.903. The van der Waals surface area contributed by atoms with Crippen LogP contribution in [0, 0.1) is 0 Å². The van der Waals surface area contributed by atoms with Gasteiger partial charge >= 0.3 is 0 Å². The van der Waals surface area contributed by atoms with E-state index in [4.69, 9.17) is 15.0 Å². The number of nitrogens with zero attached hydrogens (tertiary/aromatic N) is 6. The summed E-state index contributed by atoms with van der Waals surface area (Å²) in [7, 11) is 0. The molecule has 10 rings (SSSR count). The van der Waals surface area contributed by atoms with Gasteiger partial charge in [0.05, 0.1) is 0 Å². The van der Waals surface area contributed by atoms with Crippen molar-refractivity contribution in [2.75, 3.05) is 0 Å². The molecule has 0 bridgehead atoms. The van der Waals surface area contributed by atoms with E-state index in [1.54, 1.807) is 34.0 Å². The Kier molecular flexibility index (Phi) is 7.26. The van der Waals surface area contributed by atoms with Crippen LogP contribution in [0.4, 0.5) is 0 Å². The lowest BCUT2D eigenvalue weighted by Crippen LogP contribution is -1.91. The van der Waals surface area contributed by atoms with E-state index in [1.165, 1.54) is 0 Å². The fraction of sp³-hybridized carbons (Fsp3) is 0. The molecule has 0 saturated heterocycles. The molecular weight excluding hydrogens is 685 g/mol. The Labute approximate surface area is 304 Å². The fourth-order valence-electron chi connectivity index (χ4n) is 6.51. The van der Waals surface area contributed by atoms with Crippen LogP contribution in [0.5, 0.6) is 0 Å². The average Bonchev–Trinajstić information content (AvgIpc) is 3.95. The minimum absolute atomic E-state index is 0.903. The fourth-order valence-corrected chi connectivity index (χ4v) is 9.35. The van der Waals surface area contributed by atoms with Crippen LogP contribution in [0.2, 0.25) is 0 Å². The standard InChI is InChI=1S/C42H24N6S3/c1-4-13-31(37-46-34-16-7-19-43-40(34)49-37)28(10-1)25-22-26(29-11-2-5-14-32(29)38-47-35-17-8-20-44-41(35)50-38)24-27(23-25)30-12-3-6-15-33(30)39-48-36-18-9-21-45-42(36)51-39/h1-24H. The third kappa shape index (κ3) is 5.39. The summed E-state index contributed by atoms with van der Waals surface area (Å²) in [6, 6.07) is 44.3. The highest BCUT2D eigenvalue weighted by molar-refractivity contribution is 7.22. The third-order valence-electron chi connectivity index (χ3n) is 8.84. The molecule has 0 unspecified atom stereocenters. The van der Waals surface area contributed by atoms with E-state index in [-0.39, 0.29) is 0 Å². The Morgan fingerprint density at radius 3 is 0.902 bits per heavy atom. The van der Waals surface area contributed by atoms with Crippen LogP contribution in [-0.4, -0.2) is 29.9 Å². The molecule has 6 heterocycles. The average molecular weight is 709 g/mol. The molecule has 240 valence electrons. The molecule has 0 atom stereocenters. The summed E-state index contributed by atoms with van der Waals surface area (Å²) in [6.45, 7) is 0. The van der Waals surface area contributed by atoms with Crippen LogP contribution in [0.3, 0.4) is 0 Å². The van der Waals surface area contributed by atoms with Crippen LogP contribution in [0.15, 0.2) is 146 Å². The van der Waals surface area contributed by atoms with Gasteiger partial charge in [-0.2, -0.15) is 0 Å². The van der Waals surface area contributed by atoms with Crippen molar-refractivity contribution in [3.63, 3.8) is 0 Å². The summed E-state index contributed by atoms with van der Waals surface area (Å²) in [5.74, 6) is 0. The molecule has 4 aromatic carbocycles. The van der Waals surface area contributed by atoms with E-state index >= 15 is 0 Å². The first-order valence-electron chi connectivity index (χ1n) is 16.3. The smallest absolute Gasteiger partial charge is 0.143 e. The van der Waals surface area contributed by atoms with Crippen LogP contribution >= 0.6 is 34.0 Å². The van der Waals surface area contributed by atoms with E-state index in [1.807, 2.05) is 55.0 Å². The van der Waals surface area contributed by atoms with E-state index in [0.29, 0.717) is 0 Å². The number of rotatable bonds is 6. The van der Waals surface area contributed by atoms with Crippen molar-refractivity contribution in [1.29, 1.82) is 0 Å². The van der Waals surface area contributed by atoms with Gasteiger partial charge in [0.15, 0.2) is 0 Å². The molecule has 6 aromatic heterocycles. The predicted molar refractivity (Wildman–Crippen MR) is 212 cm³/mol. The third-order valence-corrected chi connectivity index (χ3v) is 11.9. The molecule has 0 spiro atoms. The molecule has 0 fully saturated rings. The number of pyridine rings is 3. The number of hydrogen-bond donors (Lipinski definition) is 0. The van der Waals surface area contributed by atoms with Gasteiger partial charge in [-0.25, -0.2) is 29.9 Å². The van der Waals surface area contributed by atoms with Gasteiger partial charge in [-0.05, 0) is 88.0 Å². The van der Waals surface area contributed by atoms with Gasteiger partial charge in [0, 0.05) is 35.3 Å². The van der Waals surface area contributed by atoms with E-state index in [2.05, 4.69) is 106 Å². The molecule has 0 N–H and O–H groups in total. The molecule has 0 radical (unpaired) electrons.